The molecule has 1 atom stereocenters. The molecule has 3 heterocycles. The number of hydrogen-bond donors (Lipinski definition) is 1. The fourth-order valence-corrected chi connectivity index (χ4v) is 6.93. The van der Waals surface area contributed by atoms with Gasteiger partial charge in [0.15, 0.2) is 0 Å². The first-order chi connectivity index (χ1) is 19.9. The van der Waals surface area contributed by atoms with Crippen molar-refractivity contribution < 1.29 is 17.9 Å². The second-order valence-corrected chi connectivity index (χ2v) is 12.2. The van der Waals surface area contributed by atoms with Crippen LogP contribution in [0.25, 0.3) is 11.1 Å². The topological polar surface area (TPSA) is 63.7 Å². The minimum absolute atomic E-state index is 0.0588. The van der Waals surface area contributed by atoms with Crippen molar-refractivity contribution in [1.82, 2.24) is 9.47 Å². The number of alkyl halides is 2. The lowest BCUT2D eigenvalue weighted by molar-refractivity contribution is -0.133. The summed E-state index contributed by atoms with van der Waals surface area (Å²) in [5.74, 6) is -3.56. The maximum absolute atomic E-state index is 15.6. The van der Waals surface area contributed by atoms with Crippen LogP contribution in [0.3, 0.4) is 0 Å². The van der Waals surface area contributed by atoms with Crippen LogP contribution in [0, 0.1) is 31.5 Å². The van der Waals surface area contributed by atoms with E-state index in [-0.39, 0.29) is 30.4 Å². The van der Waals surface area contributed by atoms with Gasteiger partial charge in [-0.2, -0.15) is 0 Å². The molecule has 2 fully saturated rings. The summed E-state index contributed by atoms with van der Waals surface area (Å²) in [7, 11) is 3.25. The minimum atomic E-state index is -2.86. The second kappa shape index (κ2) is 11.8. The van der Waals surface area contributed by atoms with Gasteiger partial charge in [0.2, 0.25) is 0 Å². The zero-order valence-electron chi connectivity index (χ0n) is 24.5. The Morgan fingerprint density at radius 2 is 1.79 bits per heavy atom. The standard InChI is InChI=1S/C32H38ClF3N4O2/c1-19-20(2)31(41)38(3)16-24(19)22-13-27(33)25(30(14-22)42-4)17-39-10-9-26(32(35,36)18-39)21-7-11-40(12-8-21)29-6-5-23(37)15-28(29)34/h5-6,13-16,21,26H,7-12,17-18,37H2,1-4H3/t26-/m0/s1. The van der Waals surface area contributed by atoms with E-state index >= 15 is 8.78 Å². The smallest absolute Gasteiger partial charge is 0.263 e. The quantitative estimate of drug-likeness (QED) is 0.330. The van der Waals surface area contributed by atoms with E-state index in [9.17, 15) is 9.18 Å². The number of ether oxygens (including phenoxy) is 1. The largest absolute Gasteiger partial charge is 0.496 e. The third kappa shape index (κ3) is 5.86. The lowest BCUT2D eigenvalue weighted by Gasteiger charge is -2.44. The van der Waals surface area contributed by atoms with E-state index in [1.807, 2.05) is 24.0 Å². The molecule has 2 N–H and O–H groups in total. The molecule has 0 bridgehead atoms. The Kier molecular flexibility index (Phi) is 8.54. The monoisotopic (exact) mass is 602 g/mol. The number of anilines is 2. The highest BCUT2D eigenvalue weighted by atomic mass is 35.5. The molecule has 1 aromatic heterocycles. The molecule has 10 heteroatoms. The molecule has 0 aliphatic carbocycles. The summed E-state index contributed by atoms with van der Waals surface area (Å²) in [5, 5.41) is 0.433. The summed E-state index contributed by atoms with van der Waals surface area (Å²) >= 11 is 6.75. The average molecular weight is 603 g/mol. The highest BCUT2D eigenvalue weighted by molar-refractivity contribution is 6.32. The molecule has 2 aromatic carbocycles. The Morgan fingerprint density at radius 3 is 2.43 bits per heavy atom. The molecule has 0 radical (unpaired) electrons. The fraction of sp³-hybridized carbons (Fsp3) is 0.469. The third-order valence-corrected chi connectivity index (χ3v) is 9.49. The second-order valence-electron chi connectivity index (χ2n) is 11.7. The summed E-state index contributed by atoms with van der Waals surface area (Å²) in [6.07, 6.45) is 3.34. The van der Waals surface area contributed by atoms with E-state index in [0.29, 0.717) is 72.2 Å². The zero-order valence-corrected chi connectivity index (χ0v) is 25.3. The molecule has 2 aliphatic rings. The van der Waals surface area contributed by atoms with Gasteiger partial charge in [0.1, 0.15) is 11.6 Å². The van der Waals surface area contributed by atoms with Gasteiger partial charge in [-0.15, -0.1) is 0 Å². The molecule has 2 saturated heterocycles. The third-order valence-electron chi connectivity index (χ3n) is 9.15. The molecular formula is C32H38ClF3N4O2. The van der Waals surface area contributed by atoms with Crippen molar-refractivity contribution in [3.05, 3.63) is 74.4 Å². The van der Waals surface area contributed by atoms with Gasteiger partial charge in [0.25, 0.3) is 11.5 Å². The predicted octanol–water partition coefficient (Wildman–Crippen LogP) is 6.43. The number of piperidine rings is 2. The molecule has 0 unspecified atom stereocenters. The number of halogens is 4. The summed E-state index contributed by atoms with van der Waals surface area (Å²) in [4.78, 5) is 16.0. The van der Waals surface area contributed by atoms with E-state index in [1.165, 1.54) is 10.6 Å². The van der Waals surface area contributed by atoms with E-state index in [1.54, 1.807) is 44.3 Å². The number of aromatic nitrogens is 1. The van der Waals surface area contributed by atoms with E-state index in [4.69, 9.17) is 22.1 Å². The first kappa shape index (κ1) is 30.3. The Labute approximate surface area is 249 Å². The highest BCUT2D eigenvalue weighted by Gasteiger charge is 2.48. The molecule has 0 amide bonds. The van der Waals surface area contributed by atoms with Crippen LogP contribution >= 0.6 is 11.6 Å². The minimum Gasteiger partial charge on any atom is -0.496 e. The van der Waals surface area contributed by atoms with Crippen LogP contribution in [-0.2, 0) is 13.6 Å². The number of methoxy groups -OCH3 is 1. The summed E-state index contributed by atoms with van der Waals surface area (Å²) in [6.45, 7) is 5.17. The average Bonchev–Trinajstić information content (AvgIpc) is 2.94. The number of rotatable bonds is 6. The van der Waals surface area contributed by atoms with Crippen molar-refractivity contribution in [3.8, 4) is 16.9 Å². The molecule has 226 valence electrons. The van der Waals surface area contributed by atoms with Gasteiger partial charge in [0.05, 0.1) is 19.3 Å². The van der Waals surface area contributed by atoms with Crippen molar-refractivity contribution in [2.75, 3.05) is 43.9 Å². The van der Waals surface area contributed by atoms with Crippen molar-refractivity contribution in [1.29, 1.82) is 0 Å². The molecule has 3 aromatic rings. The molecule has 0 saturated carbocycles. The Hall–Kier alpha value is -3.17. The van der Waals surface area contributed by atoms with Gasteiger partial charge in [-0.25, -0.2) is 13.2 Å². The van der Waals surface area contributed by atoms with Crippen molar-refractivity contribution in [2.45, 2.75) is 45.6 Å². The molecule has 0 spiro atoms. The van der Waals surface area contributed by atoms with Crippen molar-refractivity contribution in [3.63, 3.8) is 0 Å². The molecule has 2 aliphatic heterocycles. The SMILES string of the molecule is COc1cc(-c2cn(C)c(=O)c(C)c2C)cc(Cl)c1CN1CC[C@@H](C2CCN(c3ccc(N)cc3F)CC2)C(F)(F)C1. The van der Waals surface area contributed by atoms with Crippen LogP contribution in [0.4, 0.5) is 24.5 Å². The Bertz CT molecular complexity index is 1540. The number of nitrogen functional groups attached to an aromatic ring is 1. The summed E-state index contributed by atoms with van der Waals surface area (Å²) in [6, 6.07) is 8.29. The van der Waals surface area contributed by atoms with E-state index in [2.05, 4.69) is 0 Å². The van der Waals surface area contributed by atoms with Gasteiger partial charge in [-0.1, -0.05) is 11.6 Å². The summed E-state index contributed by atoms with van der Waals surface area (Å²) in [5.41, 5.74) is 10.3. The normalized spacial score (nSPS) is 19.7. The van der Waals surface area contributed by atoms with Crippen LogP contribution in [0.5, 0.6) is 5.75 Å². The lowest BCUT2D eigenvalue weighted by atomic mass is 9.76. The first-order valence-corrected chi connectivity index (χ1v) is 14.7. The first-order valence-electron chi connectivity index (χ1n) is 14.3. The summed E-state index contributed by atoms with van der Waals surface area (Å²) < 4.78 is 52.9. The van der Waals surface area contributed by atoms with Gasteiger partial charge in [-0.05, 0) is 87.0 Å². The molecule has 6 nitrogen and oxygen atoms in total. The number of nitrogens with two attached hydrogens (primary N) is 1. The Balaban J connectivity index is 1.27. The zero-order chi connectivity index (χ0) is 30.3. The number of likely N-dealkylation sites (tertiary alicyclic amines) is 1. The van der Waals surface area contributed by atoms with Crippen LogP contribution in [0.2, 0.25) is 5.02 Å². The van der Waals surface area contributed by atoms with Gasteiger partial charge < -0.3 is 19.9 Å². The van der Waals surface area contributed by atoms with Crippen LogP contribution < -0.4 is 20.9 Å². The number of hydrogen-bond acceptors (Lipinski definition) is 5. The van der Waals surface area contributed by atoms with Crippen LogP contribution in [0.1, 0.15) is 36.0 Å². The number of pyridine rings is 1. The van der Waals surface area contributed by atoms with Gasteiger partial charge in [0, 0.05) is 66.2 Å². The molecule has 5 rings (SSSR count). The number of benzene rings is 2. The Morgan fingerprint density at radius 1 is 1.07 bits per heavy atom. The lowest BCUT2D eigenvalue weighted by Crippen LogP contribution is -2.52. The van der Waals surface area contributed by atoms with Crippen LogP contribution in [-0.4, -0.2) is 48.7 Å². The molecule has 42 heavy (non-hydrogen) atoms. The van der Waals surface area contributed by atoms with E-state index < -0.39 is 11.8 Å². The highest BCUT2D eigenvalue weighted by Crippen LogP contribution is 2.44. The van der Waals surface area contributed by atoms with Crippen molar-refractivity contribution >= 4 is 23.0 Å². The molecular weight excluding hydrogens is 565 g/mol. The van der Waals surface area contributed by atoms with Gasteiger partial charge >= 0.3 is 0 Å². The van der Waals surface area contributed by atoms with Gasteiger partial charge in [-0.3, -0.25) is 9.69 Å². The number of nitrogens with zero attached hydrogens (tertiary/aromatic N) is 3. The number of aryl methyl sites for hydroxylation is 1. The fourth-order valence-electron chi connectivity index (χ4n) is 6.66. The maximum Gasteiger partial charge on any atom is 0.263 e. The maximum atomic E-state index is 15.6. The van der Waals surface area contributed by atoms with E-state index in [0.717, 1.165) is 16.7 Å². The van der Waals surface area contributed by atoms with Crippen molar-refractivity contribution in [2.24, 2.45) is 18.9 Å². The predicted molar refractivity (Wildman–Crippen MR) is 162 cm³/mol. The van der Waals surface area contributed by atoms with Crippen LogP contribution in [0.15, 0.2) is 41.3 Å².